The van der Waals surface area contributed by atoms with E-state index in [-0.39, 0.29) is 24.2 Å². The molecule has 0 radical (unpaired) electrons. The van der Waals surface area contributed by atoms with E-state index < -0.39 is 11.7 Å². The number of fused-ring (bicyclic) bond motifs is 1. The summed E-state index contributed by atoms with van der Waals surface area (Å²) < 4.78 is 0.795. The summed E-state index contributed by atoms with van der Waals surface area (Å²) in [5.41, 5.74) is 1.36. The molecule has 3 rings (SSSR count). The lowest BCUT2D eigenvalue weighted by Gasteiger charge is -2.21. The van der Waals surface area contributed by atoms with E-state index in [2.05, 4.69) is 20.9 Å². The second-order valence-corrected chi connectivity index (χ2v) is 5.73. The highest BCUT2D eigenvalue weighted by Gasteiger charge is 2.36. The number of rotatable bonds is 1. The van der Waals surface area contributed by atoms with Gasteiger partial charge in [-0.25, -0.2) is 4.79 Å². The smallest absolute Gasteiger partial charge is 0.184 e. The van der Waals surface area contributed by atoms with Gasteiger partial charge in [-0.15, -0.1) is 0 Å². The normalized spacial score (nSPS) is 18.9. The maximum Gasteiger partial charge on any atom is 0.184 e. The Kier molecular flexibility index (Phi) is 3.53. The third kappa shape index (κ3) is 2.24. The van der Waals surface area contributed by atoms with Gasteiger partial charge in [-0.3, -0.25) is 14.6 Å². The Morgan fingerprint density at radius 3 is 2.76 bits per heavy atom. The highest BCUT2D eigenvalue weighted by Crippen LogP contribution is 2.35. The monoisotopic (exact) mass is 343 g/mol. The molecular formula is C16H10BrNO3. The number of aromatic nitrogens is 1. The number of Topliss-reactive ketones (excluding diaryl/α,β-unsaturated/α-hetero) is 2. The van der Waals surface area contributed by atoms with Crippen molar-refractivity contribution in [3.63, 3.8) is 0 Å². The van der Waals surface area contributed by atoms with Crippen LogP contribution in [-0.4, -0.2) is 22.5 Å². The average molecular weight is 344 g/mol. The van der Waals surface area contributed by atoms with Gasteiger partial charge in [0.1, 0.15) is 17.6 Å². The Morgan fingerprint density at radius 1 is 1.19 bits per heavy atom. The molecule has 2 aromatic rings. The van der Waals surface area contributed by atoms with Gasteiger partial charge in [-0.1, -0.05) is 12.1 Å². The first-order chi connectivity index (χ1) is 10.1. The van der Waals surface area contributed by atoms with E-state index in [1.807, 2.05) is 6.07 Å². The Labute approximate surface area is 129 Å². The Balaban J connectivity index is 2.24. The molecule has 0 spiro atoms. The van der Waals surface area contributed by atoms with Crippen molar-refractivity contribution in [2.45, 2.75) is 18.8 Å². The molecule has 21 heavy (non-hydrogen) atoms. The molecule has 0 bridgehead atoms. The summed E-state index contributed by atoms with van der Waals surface area (Å²) in [5, 5.41) is 0.741. The van der Waals surface area contributed by atoms with E-state index in [4.69, 9.17) is 0 Å². The molecule has 1 heterocycles. The van der Waals surface area contributed by atoms with Crippen LogP contribution in [0.3, 0.4) is 0 Å². The first-order valence-corrected chi connectivity index (χ1v) is 7.27. The molecule has 5 heteroatoms. The zero-order valence-corrected chi connectivity index (χ0v) is 12.5. The van der Waals surface area contributed by atoms with Crippen LogP contribution in [0.25, 0.3) is 10.9 Å². The van der Waals surface area contributed by atoms with Gasteiger partial charge >= 0.3 is 0 Å². The molecule has 0 amide bonds. The van der Waals surface area contributed by atoms with Crippen LogP contribution in [-0.2, 0) is 14.4 Å². The Morgan fingerprint density at radius 2 is 2.00 bits per heavy atom. The first-order valence-electron chi connectivity index (χ1n) is 6.47. The number of nitrogens with zero attached hydrogens (tertiary/aromatic N) is 1. The van der Waals surface area contributed by atoms with Gasteiger partial charge in [0.2, 0.25) is 0 Å². The van der Waals surface area contributed by atoms with Gasteiger partial charge in [0.25, 0.3) is 0 Å². The predicted octanol–water partition coefficient (Wildman–Crippen LogP) is 2.77. The summed E-state index contributed by atoms with van der Waals surface area (Å²) in [6.45, 7) is 0. The summed E-state index contributed by atoms with van der Waals surface area (Å²) >= 11 is 3.41. The molecule has 0 saturated heterocycles. The number of carbonyl (C=O) groups excluding carboxylic acids is 3. The van der Waals surface area contributed by atoms with E-state index in [9.17, 15) is 14.4 Å². The van der Waals surface area contributed by atoms with Crippen molar-refractivity contribution < 1.29 is 14.4 Å². The van der Waals surface area contributed by atoms with Crippen LogP contribution < -0.4 is 0 Å². The predicted molar refractivity (Wildman–Crippen MR) is 80.6 cm³/mol. The van der Waals surface area contributed by atoms with Gasteiger partial charge in [0, 0.05) is 22.5 Å². The first kappa shape index (κ1) is 13.9. The van der Waals surface area contributed by atoms with Crippen LogP contribution in [0.2, 0.25) is 0 Å². The number of hydrogen-bond donors (Lipinski definition) is 0. The van der Waals surface area contributed by atoms with Gasteiger partial charge in [0.15, 0.2) is 5.78 Å². The van der Waals surface area contributed by atoms with Crippen LogP contribution in [0, 0.1) is 0 Å². The fourth-order valence-electron chi connectivity index (χ4n) is 2.66. The molecule has 1 unspecified atom stereocenters. The number of hydrogen-bond acceptors (Lipinski definition) is 4. The molecule has 0 aliphatic heterocycles. The minimum Gasteiger partial charge on any atom is -0.298 e. The highest BCUT2D eigenvalue weighted by atomic mass is 79.9. The zero-order chi connectivity index (χ0) is 15.0. The summed E-state index contributed by atoms with van der Waals surface area (Å²) in [5.74, 6) is 0.155. The maximum atomic E-state index is 12.3. The minimum absolute atomic E-state index is 0.0690. The molecule has 4 nitrogen and oxygen atoms in total. The van der Waals surface area contributed by atoms with Crippen LogP contribution in [0.4, 0.5) is 0 Å². The Bertz CT molecular complexity index is 821. The largest absolute Gasteiger partial charge is 0.298 e. The quantitative estimate of drug-likeness (QED) is 0.453. The van der Waals surface area contributed by atoms with E-state index >= 15 is 0 Å². The molecule has 1 aliphatic rings. The van der Waals surface area contributed by atoms with E-state index in [1.165, 1.54) is 0 Å². The lowest BCUT2D eigenvalue weighted by Crippen LogP contribution is -2.29. The summed E-state index contributed by atoms with van der Waals surface area (Å²) in [7, 11) is 0. The SMILES string of the molecule is O=C=C1CCC(=O)C(c2ccc(Br)c3ncccc23)C1=O. The minimum atomic E-state index is -0.921. The number of allylic oxidation sites excluding steroid dienone is 1. The molecule has 104 valence electrons. The van der Waals surface area contributed by atoms with Gasteiger partial charge in [-0.05, 0) is 40.0 Å². The highest BCUT2D eigenvalue weighted by molar-refractivity contribution is 9.10. The molecule has 1 aromatic carbocycles. The van der Waals surface area contributed by atoms with Gasteiger partial charge < -0.3 is 0 Å². The second kappa shape index (κ2) is 5.35. The third-order valence-corrected chi connectivity index (χ3v) is 4.33. The fourth-order valence-corrected chi connectivity index (χ4v) is 3.11. The molecule has 1 aromatic heterocycles. The van der Waals surface area contributed by atoms with E-state index in [0.29, 0.717) is 11.1 Å². The number of pyridine rings is 1. The number of halogens is 1. The van der Waals surface area contributed by atoms with Crippen LogP contribution in [0.5, 0.6) is 0 Å². The molecule has 1 fully saturated rings. The summed E-state index contributed by atoms with van der Waals surface area (Å²) in [6.07, 6.45) is 2.03. The van der Waals surface area contributed by atoms with Crippen molar-refractivity contribution in [2.75, 3.05) is 0 Å². The van der Waals surface area contributed by atoms with Gasteiger partial charge in [0.05, 0.1) is 11.1 Å². The van der Waals surface area contributed by atoms with Crippen LogP contribution in [0.15, 0.2) is 40.5 Å². The lowest BCUT2D eigenvalue weighted by molar-refractivity contribution is -0.129. The molecule has 0 N–H and O–H groups in total. The summed E-state index contributed by atoms with van der Waals surface area (Å²) in [4.78, 5) is 39.7. The lowest BCUT2D eigenvalue weighted by atomic mass is 9.78. The Hall–Kier alpha value is -2.10. The molecular weight excluding hydrogens is 334 g/mol. The number of carbonyl (C=O) groups is 2. The molecule has 1 atom stereocenters. The molecule has 1 saturated carbocycles. The average Bonchev–Trinajstić information content (AvgIpc) is 2.50. The summed E-state index contributed by atoms with van der Waals surface area (Å²) in [6, 6.07) is 7.08. The number of ketones is 2. The van der Waals surface area contributed by atoms with Crippen molar-refractivity contribution in [1.29, 1.82) is 0 Å². The molecule has 1 aliphatic carbocycles. The van der Waals surface area contributed by atoms with Crippen LogP contribution in [0.1, 0.15) is 24.3 Å². The van der Waals surface area contributed by atoms with Crippen LogP contribution >= 0.6 is 15.9 Å². The second-order valence-electron chi connectivity index (χ2n) is 4.88. The van der Waals surface area contributed by atoms with Crippen molar-refractivity contribution in [1.82, 2.24) is 4.98 Å². The van der Waals surface area contributed by atoms with Crippen molar-refractivity contribution in [3.8, 4) is 0 Å². The van der Waals surface area contributed by atoms with E-state index in [1.54, 1.807) is 30.3 Å². The van der Waals surface area contributed by atoms with E-state index in [0.717, 1.165) is 9.86 Å². The van der Waals surface area contributed by atoms with Crippen molar-refractivity contribution in [3.05, 3.63) is 46.1 Å². The topological polar surface area (TPSA) is 64.1 Å². The van der Waals surface area contributed by atoms with Crippen molar-refractivity contribution in [2.24, 2.45) is 0 Å². The fraction of sp³-hybridized carbons (Fsp3) is 0.188. The zero-order valence-electron chi connectivity index (χ0n) is 10.9. The van der Waals surface area contributed by atoms with Gasteiger partial charge in [-0.2, -0.15) is 0 Å². The van der Waals surface area contributed by atoms with Crippen molar-refractivity contribution >= 4 is 44.3 Å². The maximum absolute atomic E-state index is 12.3. The standard InChI is InChI=1S/C16H10BrNO3/c17-12-5-4-10(11-2-1-7-18-15(11)12)14-13(20)6-3-9(8-19)16(14)21/h1-2,4-5,7,14H,3,6H2. The third-order valence-electron chi connectivity index (χ3n) is 3.69. The number of benzene rings is 1.